The summed E-state index contributed by atoms with van der Waals surface area (Å²) < 4.78 is 8.06. The maximum Gasteiger partial charge on any atom is 0.138 e. The molecule has 0 amide bonds. The van der Waals surface area contributed by atoms with Crippen LogP contribution in [0.25, 0.3) is 0 Å². The zero-order valence-electron chi connectivity index (χ0n) is 15.6. The van der Waals surface area contributed by atoms with Crippen LogP contribution < -0.4 is 15.9 Å². The Hall–Kier alpha value is -2.59. The molecule has 0 bridgehead atoms. The van der Waals surface area contributed by atoms with Crippen LogP contribution in [0.4, 0.5) is 0 Å². The molecule has 0 aromatic heterocycles. The van der Waals surface area contributed by atoms with E-state index in [0.29, 0.717) is 0 Å². The van der Waals surface area contributed by atoms with E-state index in [1.54, 1.807) is 9.12 Å². The zero-order chi connectivity index (χ0) is 19.7. The van der Waals surface area contributed by atoms with Crippen LogP contribution in [-0.2, 0) is 10.7 Å². The van der Waals surface area contributed by atoms with Crippen molar-refractivity contribution in [1.29, 1.82) is 0 Å². The molecule has 28 heavy (non-hydrogen) atoms. The fraction of sp³-hybridized carbons (Fsp3) is 0.0400. The third kappa shape index (κ3) is 4.28. The highest BCUT2D eigenvalue weighted by Crippen LogP contribution is 2.58. The molecule has 0 aliphatic heterocycles. The molecule has 0 spiro atoms. The average Bonchev–Trinajstić information content (AvgIpc) is 2.81. The van der Waals surface area contributed by atoms with Gasteiger partial charge in [-0.1, -0.05) is 84.9 Å². The molecular weight excluding hydrogens is 378 g/mol. The third-order valence-corrected chi connectivity index (χ3v) is 9.23. The zero-order valence-corrected chi connectivity index (χ0v) is 17.5. The molecule has 4 aromatic carbocycles. The Bertz CT molecular complexity index is 862. The van der Waals surface area contributed by atoms with Crippen molar-refractivity contribution in [2.75, 3.05) is 0 Å². The van der Waals surface area contributed by atoms with Gasteiger partial charge >= 0.3 is 0 Å². The van der Waals surface area contributed by atoms with Gasteiger partial charge in [0.25, 0.3) is 0 Å². The van der Waals surface area contributed by atoms with Crippen molar-refractivity contribution in [1.82, 2.24) is 0 Å². The topological polar surface area (TPSA) is 17.1 Å². The van der Waals surface area contributed by atoms with Crippen LogP contribution in [0, 0.1) is 0 Å². The lowest BCUT2D eigenvalue weighted by Gasteiger charge is -2.27. The van der Waals surface area contributed by atoms with E-state index in [2.05, 4.69) is 121 Å². The fourth-order valence-electron chi connectivity index (χ4n) is 3.63. The second-order valence-electron chi connectivity index (χ2n) is 6.46. The van der Waals surface area contributed by atoms with Crippen molar-refractivity contribution in [3.63, 3.8) is 0 Å². The maximum absolute atomic E-state index is 8.06. The van der Waals surface area contributed by atoms with Crippen molar-refractivity contribution in [3.05, 3.63) is 127 Å². The predicted octanol–water partition coefficient (Wildman–Crippen LogP) is 5.66. The summed E-state index contributed by atoms with van der Waals surface area (Å²) in [6.07, 6.45) is 1.03. The Labute approximate surface area is 170 Å². The van der Waals surface area contributed by atoms with Crippen LogP contribution in [-0.4, -0.2) is 0 Å². The molecular formula is C25H23OP2+. The van der Waals surface area contributed by atoms with Gasteiger partial charge in [0, 0.05) is 0 Å². The van der Waals surface area contributed by atoms with Gasteiger partial charge in [-0.15, -0.1) is 0 Å². The molecule has 0 saturated carbocycles. The minimum absolute atomic E-state index is 1.03. The smallest absolute Gasteiger partial charge is 0.138 e. The molecule has 0 radical (unpaired) electrons. The molecule has 138 valence electrons. The minimum atomic E-state index is -1.78. The lowest BCUT2D eigenvalue weighted by atomic mass is 10.2. The summed E-state index contributed by atoms with van der Waals surface area (Å²) >= 11 is 0. The number of rotatable bonds is 5. The molecule has 4 rings (SSSR count). The quantitative estimate of drug-likeness (QED) is 0.395. The largest absolute Gasteiger partial charge is 0.279 e. The highest BCUT2D eigenvalue weighted by molar-refractivity contribution is 7.95. The standard InChI is InChI=1S/C25H22P.HOP/c1-5-13-22(14-6-1)21-26(23-15-7-2-8-16-23,24-17-9-3-10-18-24)25-19-11-4-12-20-25;1-2/h1-20H,21H2;2H/q+1;. The van der Waals surface area contributed by atoms with Crippen molar-refractivity contribution in [3.8, 4) is 0 Å². The summed E-state index contributed by atoms with van der Waals surface area (Å²) in [6, 6.07) is 44.0. The van der Waals surface area contributed by atoms with E-state index < -0.39 is 7.26 Å². The highest BCUT2D eigenvalue weighted by atomic mass is 31.2. The number of benzene rings is 4. The van der Waals surface area contributed by atoms with Crippen LogP contribution in [0.2, 0.25) is 0 Å². The van der Waals surface area contributed by atoms with E-state index in [1.807, 2.05) is 0 Å². The molecule has 0 unspecified atom stereocenters. The average molecular weight is 401 g/mol. The number of hydrogen-bond donors (Lipinski definition) is 0. The normalized spacial score (nSPS) is 10.6. The molecule has 1 nitrogen and oxygen atoms in total. The maximum atomic E-state index is 8.06. The van der Waals surface area contributed by atoms with E-state index in [9.17, 15) is 0 Å². The van der Waals surface area contributed by atoms with Crippen LogP contribution in [0.5, 0.6) is 0 Å². The molecule has 0 fully saturated rings. The summed E-state index contributed by atoms with van der Waals surface area (Å²) in [5, 5.41) is 4.30. The van der Waals surface area contributed by atoms with Gasteiger partial charge in [0.1, 0.15) is 32.3 Å². The second kappa shape index (κ2) is 10.1. The molecule has 4 aromatic rings. The van der Waals surface area contributed by atoms with Gasteiger partial charge < -0.3 is 0 Å². The second-order valence-corrected chi connectivity index (χ2v) is 9.95. The number of hydrogen-bond acceptors (Lipinski definition) is 1. The fourth-order valence-corrected chi connectivity index (χ4v) is 7.87. The van der Waals surface area contributed by atoms with Crippen molar-refractivity contribution in [2.24, 2.45) is 0 Å². The first-order valence-electron chi connectivity index (χ1n) is 9.19. The first kappa shape index (κ1) is 20.2. The Morgan fingerprint density at radius 1 is 0.464 bits per heavy atom. The molecule has 3 heteroatoms. The van der Waals surface area contributed by atoms with Gasteiger partial charge in [-0.2, -0.15) is 0 Å². The van der Waals surface area contributed by atoms with Gasteiger partial charge in [-0.3, -0.25) is 4.57 Å². The summed E-state index contributed by atoms with van der Waals surface area (Å²) in [5.74, 6) is 0. The third-order valence-electron chi connectivity index (χ3n) is 4.85. The predicted molar refractivity (Wildman–Crippen MR) is 124 cm³/mol. The van der Waals surface area contributed by atoms with Gasteiger partial charge in [0.05, 0.1) is 6.16 Å². The van der Waals surface area contributed by atoms with Crippen molar-refractivity contribution >= 4 is 32.3 Å². The Morgan fingerprint density at radius 3 is 1.07 bits per heavy atom. The highest BCUT2D eigenvalue weighted by Gasteiger charge is 2.45. The van der Waals surface area contributed by atoms with Crippen LogP contribution in [0.1, 0.15) is 5.56 Å². The summed E-state index contributed by atoms with van der Waals surface area (Å²) in [7, 11) is -0.0529. The van der Waals surface area contributed by atoms with Gasteiger partial charge in [-0.05, 0) is 42.0 Å². The van der Waals surface area contributed by atoms with E-state index in [-0.39, 0.29) is 0 Å². The SMILES string of the molecule is O=P.c1ccc(C[P+](c2ccccc2)(c2ccccc2)c2ccccc2)cc1. The molecule has 0 N–H and O–H groups in total. The van der Waals surface area contributed by atoms with Gasteiger partial charge in [0.2, 0.25) is 0 Å². The molecule has 0 saturated heterocycles. The van der Waals surface area contributed by atoms with Gasteiger partial charge in [-0.25, -0.2) is 0 Å². The first-order valence-corrected chi connectivity index (χ1v) is 11.6. The summed E-state index contributed by atoms with van der Waals surface area (Å²) in [5.41, 5.74) is 1.39. The van der Waals surface area contributed by atoms with Crippen molar-refractivity contribution < 1.29 is 4.57 Å². The van der Waals surface area contributed by atoms with Crippen LogP contribution >= 0.6 is 16.4 Å². The molecule has 0 aliphatic carbocycles. The minimum Gasteiger partial charge on any atom is -0.279 e. The van der Waals surface area contributed by atoms with E-state index >= 15 is 0 Å². The van der Waals surface area contributed by atoms with E-state index in [0.717, 1.165) is 6.16 Å². The van der Waals surface area contributed by atoms with E-state index in [1.165, 1.54) is 21.5 Å². The molecule has 0 aliphatic rings. The lowest BCUT2D eigenvalue weighted by molar-refractivity contribution is 0.607. The first-order chi connectivity index (χ1) is 13.9. The Kier molecular flexibility index (Phi) is 7.26. The summed E-state index contributed by atoms with van der Waals surface area (Å²) in [6.45, 7) is 0. The summed E-state index contributed by atoms with van der Waals surface area (Å²) in [4.78, 5) is 0. The molecule has 0 heterocycles. The lowest BCUT2D eigenvalue weighted by Crippen LogP contribution is -2.32. The van der Waals surface area contributed by atoms with E-state index in [4.69, 9.17) is 4.57 Å². The van der Waals surface area contributed by atoms with Crippen LogP contribution in [0.3, 0.4) is 0 Å². The monoisotopic (exact) mass is 401 g/mol. The van der Waals surface area contributed by atoms with Gasteiger partial charge in [0.15, 0.2) is 0 Å². The Balaban J connectivity index is 0.00000109. The molecule has 0 atom stereocenters. The van der Waals surface area contributed by atoms with Crippen molar-refractivity contribution in [2.45, 2.75) is 6.16 Å². The Morgan fingerprint density at radius 2 is 0.750 bits per heavy atom. The van der Waals surface area contributed by atoms with Crippen LogP contribution in [0.15, 0.2) is 121 Å².